The highest BCUT2D eigenvalue weighted by atomic mass is 16.5. The molecule has 1 saturated heterocycles. The first-order valence-corrected chi connectivity index (χ1v) is 7.05. The van der Waals surface area contributed by atoms with Crippen LogP contribution in [0.5, 0.6) is 11.5 Å². The molecule has 0 aliphatic carbocycles. The summed E-state index contributed by atoms with van der Waals surface area (Å²) in [5.74, 6) is 1.63. The second-order valence-electron chi connectivity index (χ2n) is 4.76. The average Bonchev–Trinajstić information content (AvgIpc) is 3.01. The maximum atomic E-state index is 11.8. The van der Waals surface area contributed by atoms with Gasteiger partial charge in [-0.3, -0.25) is 4.79 Å². The molecule has 0 spiro atoms. The Morgan fingerprint density at radius 1 is 1.25 bits per heavy atom. The minimum absolute atomic E-state index is 0.180. The topological polar surface area (TPSA) is 50.8 Å². The molecular weight excluding hydrogens is 256 g/mol. The number of hydrogen-bond donors (Lipinski definition) is 1. The molecule has 5 nitrogen and oxygen atoms in total. The second-order valence-corrected chi connectivity index (χ2v) is 4.76. The first kappa shape index (κ1) is 14.7. The summed E-state index contributed by atoms with van der Waals surface area (Å²) >= 11 is 0. The van der Waals surface area contributed by atoms with E-state index < -0.39 is 0 Å². The van der Waals surface area contributed by atoms with Gasteiger partial charge in [-0.05, 0) is 25.0 Å². The molecule has 1 heterocycles. The summed E-state index contributed by atoms with van der Waals surface area (Å²) in [5.41, 5.74) is 0. The van der Waals surface area contributed by atoms with Crippen molar-refractivity contribution in [3.63, 3.8) is 0 Å². The molecule has 110 valence electrons. The maximum absolute atomic E-state index is 11.8. The van der Waals surface area contributed by atoms with Crippen LogP contribution in [-0.4, -0.2) is 50.7 Å². The summed E-state index contributed by atoms with van der Waals surface area (Å²) in [4.78, 5) is 13.7. The van der Waals surface area contributed by atoms with Crippen molar-refractivity contribution in [1.29, 1.82) is 0 Å². The molecule has 1 N–H and O–H groups in total. The van der Waals surface area contributed by atoms with Crippen LogP contribution in [0.2, 0.25) is 0 Å². The molecule has 2 rings (SSSR count). The molecule has 20 heavy (non-hydrogen) atoms. The van der Waals surface area contributed by atoms with Gasteiger partial charge in [-0.15, -0.1) is 0 Å². The van der Waals surface area contributed by atoms with Crippen LogP contribution >= 0.6 is 0 Å². The molecule has 0 bridgehead atoms. The van der Waals surface area contributed by atoms with Gasteiger partial charge in [0, 0.05) is 19.6 Å². The van der Waals surface area contributed by atoms with Gasteiger partial charge in [0.25, 0.3) is 0 Å². The van der Waals surface area contributed by atoms with E-state index in [1.54, 1.807) is 7.11 Å². The Morgan fingerprint density at radius 3 is 2.65 bits per heavy atom. The highest BCUT2D eigenvalue weighted by Gasteiger charge is 2.16. The highest BCUT2D eigenvalue weighted by molar-refractivity contribution is 5.78. The van der Waals surface area contributed by atoms with Gasteiger partial charge in [0.1, 0.15) is 6.61 Å². The molecule has 1 aliphatic rings. The Bertz CT molecular complexity index is 431. The number of likely N-dealkylation sites (tertiary alicyclic amines) is 1. The minimum atomic E-state index is 0.180. The molecule has 0 atom stereocenters. The lowest BCUT2D eigenvalue weighted by molar-refractivity contribution is -0.129. The molecular formula is C15H22N2O3. The third kappa shape index (κ3) is 4.13. The molecule has 0 saturated carbocycles. The third-order valence-electron chi connectivity index (χ3n) is 3.34. The summed E-state index contributed by atoms with van der Waals surface area (Å²) in [6.07, 6.45) is 2.26. The molecule has 0 unspecified atom stereocenters. The van der Waals surface area contributed by atoms with Crippen molar-refractivity contribution < 1.29 is 14.3 Å². The molecule has 1 amide bonds. The van der Waals surface area contributed by atoms with Crippen molar-refractivity contribution in [2.75, 3.05) is 39.9 Å². The summed E-state index contributed by atoms with van der Waals surface area (Å²) < 4.78 is 10.8. The van der Waals surface area contributed by atoms with Gasteiger partial charge in [0.2, 0.25) is 5.91 Å². The zero-order valence-corrected chi connectivity index (χ0v) is 11.9. The number of rotatable bonds is 7. The lowest BCUT2D eigenvalue weighted by atomic mass is 10.3. The Labute approximate surface area is 119 Å². The highest BCUT2D eigenvalue weighted by Crippen LogP contribution is 2.25. The summed E-state index contributed by atoms with van der Waals surface area (Å²) in [7, 11) is 1.62. The molecule has 5 heteroatoms. The van der Waals surface area contributed by atoms with Crippen molar-refractivity contribution in [1.82, 2.24) is 10.2 Å². The van der Waals surface area contributed by atoms with Crippen molar-refractivity contribution in [3.8, 4) is 11.5 Å². The van der Waals surface area contributed by atoms with E-state index in [2.05, 4.69) is 5.32 Å². The molecule has 0 aromatic heterocycles. The standard InChI is InChI=1S/C15H22N2O3/c1-19-13-6-2-3-7-14(13)20-11-8-16-12-15(18)17-9-4-5-10-17/h2-3,6-7,16H,4-5,8-12H2,1H3. The first-order chi connectivity index (χ1) is 9.81. The van der Waals surface area contributed by atoms with Crippen LogP contribution in [0.4, 0.5) is 0 Å². The first-order valence-electron chi connectivity index (χ1n) is 7.05. The lowest BCUT2D eigenvalue weighted by Crippen LogP contribution is -2.37. The van der Waals surface area contributed by atoms with Gasteiger partial charge in [-0.2, -0.15) is 0 Å². The van der Waals surface area contributed by atoms with E-state index in [-0.39, 0.29) is 5.91 Å². The smallest absolute Gasteiger partial charge is 0.236 e. The zero-order chi connectivity index (χ0) is 14.2. The van der Waals surface area contributed by atoms with Crippen molar-refractivity contribution in [2.24, 2.45) is 0 Å². The minimum Gasteiger partial charge on any atom is -0.493 e. The van der Waals surface area contributed by atoms with E-state index in [0.29, 0.717) is 19.7 Å². The van der Waals surface area contributed by atoms with Gasteiger partial charge in [-0.1, -0.05) is 12.1 Å². The van der Waals surface area contributed by atoms with Gasteiger partial charge in [0.15, 0.2) is 11.5 Å². The molecule has 1 aromatic rings. The van der Waals surface area contributed by atoms with E-state index in [9.17, 15) is 4.79 Å². The van der Waals surface area contributed by atoms with Crippen molar-refractivity contribution in [3.05, 3.63) is 24.3 Å². The monoisotopic (exact) mass is 278 g/mol. The normalized spacial score (nSPS) is 14.3. The molecule has 0 radical (unpaired) electrons. The summed E-state index contributed by atoms with van der Waals surface area (Å²) in [6.45, 7) is 3.33. The fourth-order valence-corrected chi connectivity index (χ4v) is 2.24. The predicted molar refractivity (Wildman–Crippen MR) is 77.2 cm³/mol. The van der Waals surface area contributed by atoms with Gasteiger partial charge in [0.05, 0.1) is 13.7 Å². The van der Waals surface area contributed by atoms with Gasteiger partial charge in [-0.25, -0.2) is 0 Å². The number of nitrogens with zero attached hydrogens (tertiary/aromatic N) is 1. The predicted octanol–water partition coefficient (Wildman–Crippen LogP) is 1.29. The van der Waals surface area contributed by atoms with E-state index >= 15 is 0 Å². The van der Waals surface area contributed by atoms with E-state index in [0.717, 1.165) is 37.4 Å². The second kappa shape index (κ2) is 7.75. The number of hydrogen-bond acceptors (Lipinski definition) is 4. The summed E-state index contributed by atoms with van der Waals surface area (Å²) in [5, 5.41) is 3.11. The number of benzene rings is 1. The van der Waals surface area contributed by atoms with Crippen LogP contribution in [0.1, 0.15) is 12.8 Å². The van der Waals surface area contributed by atoms with Gasteiger partial charge < -0.3 is 19.7 Å². The molecule has 1 aromatic carbocycles. The Morgan fingerprint density at radius 2 is 1.95 bits per heavy atom. The van der Waals surface area contributed by atoms with Crippen LogP contribution in [0, 0.1) is 0 Å². The fourth-order valence-electron chi connectivity index (χ4n) is 2.24. The van der Waals surface area contributed by atoms with Crippen molar-refractivity contribution >= 4 is 5.91 Å². The average molecular weight is 278 g/mol. The number of amides is 1. The quantitative estimate of drug-likeness (QED) is 0.764. The zero-order valence-electron chi connectivity index (χ0n) is 11.9. The number of ether oxygens (including phenoxy) is 2. The SMILES string of the molecule is COc1ccccc1OCCNCC(=O)N1CCCC1. The molecule has 1 fully saturated rings. The number of carbonyl (C=O) groups is 1. The number of carbonyl (C=O) groups excluding carboxylic acids is 1. The molecule has 1 aliphatic heterocycles. The Kier molecular flexibility index (Phi) is 5.68. The number of para-hydroxylation sites is 2. The maximum Gasteiger partial charge on any atom is 0.236 e. The number of methoxy groups -OCH3 is 1. The lowest BCUT2D eigenvalue weighted by Gasteiger charge is -2.15. The van der Waals surface area contributed by atoms with Crippen LogP contribution in [0.25, 0.3) is 0 Å². The number of nitrogens with one attached hydrogen (secondary N) is 1. The van der Waals surface area contributed by atoms with Crippen LogP contribution in [0.15, 0.2) is 24.3 Å². The van der Waals surface area contributed by atoms with Crippen molar-refractivity contribution in [2.45, 2.75) is 12.8 Å². The van der Waals surface area contributed by atoms with Gasteiger partial charge >= 0.3 is 0 Å². The van der Waals surface area contributed by atoms with E-state index in [1.807, 2.05) is 29.2 Å². The Hall–Kier alpha value is -1.75. The third-order valence-corrected chi connectivity index (χ3v) is 3.34. The fraction of sp³-hybridized carbons (Fsp3) is 0.533. The Balaban J connectivity index is 1.62. The van der Waals surface area contributed by atoms with Crippen LogP contribution in [0.3, 0.4) is 0 Å². The summed E-state index contributed by atoms with van der Waals surface area (Å²) in [6, 6.07) is 7.54. The van der Waals surface area contributed by atoms with E-state index in [4.69, 9.17) is 9.47 Å². The van der Waals surface area contributed by atoms with E-state index in [1.165, 1.54) is 0 Å². The largest absolute Gasteiger partial charge is 0.493 e. The van der Waals surface area contributed by atoms with Crippen LogP contribution in [-0.2, 0) is 4.79 Å². The van der Waals surface area contributed by atoms with Crippen LogP contribution < -0.4 is 14.8 Å².